The number of nitrogens with one attached hydrogen (secondary N) is 1. The van der Waals surface area contributed by atoms with Crippen LogP contribution in [0.1, 0.15) is 37.2 Å². The van der Waals surface area contributed by atoms with Crippen molar-refractivity contribution in [3.05, 3.63) is 36.0 Å². The van der Waals surface area contributed by atoms with Gasteiger partial charge in [-0.1, -0.05) is 6.92 Å². The summed E-state index contributed by atoms with van der Waals surface area (Å²) in [6, 6.07) is 3.83. The number of aryl methyl sites for hydroxylation is 1. The molecule has 0 amide bonds. The third-order valence-corrected chi connectivity index (χ3v) is 4.03. The van der Waals surface area contributed by atoms with Crippen molar-refractivity contribution < 1.29 is 0 Å². The van der Waals surface area contributed by atoms with Crippen molar-refractivity contribution in [2.45, 2.75) is 32.6 Å². The van der Waals surface area contributed by atoms with Crippen LogP contribution in [0.5, 0.6) is 0 Å². The minimum absolute atomic E-state index is 0.479. The number of likely N-dealkylation sites (tertiary alicyclic amines) is 1. The van der Waals surface area contributed by atoms with E-state index >= 15 is 0 Å². The third-order valence-electron chi connectivity index (χ3n) is 4.03. The Morgan fingerprint density at radius 2 is 2.09 bits per heavy atom. The van der Waals surface area contributed by atoms with Gasteiger partial charge in [0.25, 0.3) is 0 Å². The van der Waals surface area contributed by atoms with Gasteiger partial charge in [0, 0.05) is 30.9 Å². The van der Waals surface area contributed by atoms with Crippen LogP contribution < -0.4 is 5.32 Å². The molecule has 0 aliphatic carbocycles. The summed E-state index contributed by atoms with van der Waals surface area (Å²) < 4.78 is 0. The van der Waals surface area contributed by atoms with Gasteiger partial charge in [-0.2, -0.15) is 0 Å². The van der Waals surface area contributed by atoms with E-state index in [1.807, 2.05) is 13.0 Å². The number of rotatable bonds is 4. The second-order valence-corrected chi connectivity index (χ2v) is 5.66. The lowest BCUT2D eigenvalue weighted by molar-refractivity contribution is 0.216. The van der Waals surface area contributed by atoms with E-state index in [0.29, 0.717) is 11.9 Å². The van der Waals surface area contributed by atoms with E-state index in [9.17, 15) is 0 Å². The van der Waals surface area contributed by atoms with E-state index in [0.717, 1.165) is 30.4 Å². The smallest absolute Gasteiger partial charge is 0.228 e. The Kier molecular flexibility index (Phi) is 4.58. The molecule has 3 heterocycles. The maximum atomic E-state index is 4.65. The Labute approximate surface area is 131 Å². The lowest BCUT2D eigenvalue weighted by Crippen LogP contribution is -2.34. The molecule has 1 saturated heterocycles. The van der Waals surface area contributed by atoms with Crippen LogP contribution in [0.4, 0.5) is 11.8 Å². The molecule has 0 radical (unpaired) electrons. The van der Waals surface area contributed by atoms with Gasteiger partial charge >= 0.3 is 0 Å². The molecular formula is C16H22N6. The molecule has 1 fully saturated rings. The van der Waals surface area contributed by atoms with E-state index in [2.05, 4.69) is 37.1 Å². The highest BCUT2D eigenvalue weighted by atomic mass is 15.1. The predicted molar refractivity (Wildman–Crippen MR) is 86.2 cm³/mol. The molecule has 6 nitrogen and oxygen atoms in total. The van der Waals surface area contributed by atoms with Crippen molar-refractivity contribution >= 4 is 11.8 Å². The van der Waals surface area contributed by atoms with Gasteiger partial charge < -0.3 is 10.2 Å². The molecule has 0 aromatic carbocycles. The molecule has 22 heavy (non-hydrogen) atoms. The topological polar surface area (TPSA) is 66.8 Å². The van der Waals surface area contributed by atoms with E-state index in [1.54, 1.807) is 18.5 Å². The summed E-state index contributed by atoms with van der Waals surface area (Å²) >= 11 is 0. The molecule has 0 bridgehead atoms. The Morgan fingerprint density at radius 1 is 1.27 bits per heavy atom. The molecule has 1 aliphatic heterocycles. The SMILES string of the molecule is CCN1CCC[C@@H](c2cc(Nc3ncccn3)nc(C)n2)C1. The van der Waals surface area contributed by atoms with Crippen LogP contribution in [-0.2, 0) is 0 Å². The summed E-state index contributed by atoms with van der Waals surface area (Å²) in [5.41, 5.74) is 1.11. The fourth-order valence-electron chi connectivity index (χ4n) is 2.93. The summed E-state index contributed by atoms with van der Waals surface area (Å²) in [5, 5.41) is 3.16. The van der Waals surface area contributed by atoms with Gasteiger partial charge in [0.15, 0.2) is 0 Å². The Bertz CT molecular complexity index is 615. The third kappa shape index (κ3) is 3.57. The molecular weight excluding hydrogens is 276 g/mol. The first-order valence-corrected chi connectivity index (χ1v) is 7.86. The highest BCUT2D eigenvalue weighted by Crippen LogP contribution is 2.27. The van der Waals surface area contributed by atoms with Crippen molar-refractivity contribution in [3.63, 3.8) is 0 Å². The number of piperidine rings is 1. The maximum absolute atomic E-state index is 4.65. The summed E-state index contributed by atoms with van der Waals surface area (Å²) in [4.78, 5) is 19.9. The quantitative estimate of drug-likeness (QED) is 0.935. The number of likely N-dealkylation sites (N-methyl/N-ethyl adjacent to an activating group) is 1. The zero-order valence-corrected chi connectivity index (χ0v) is 13.2. The number of hydrogen-bond donors (Lipinski definition) is 1. The van der Waals surface area contributed by atoms with Gasteiger partial charge in [-0.3, -0.25) is 0 Å². The Morgan fingerprint density at radius 3 is 2.86 bits per heavy atom. The zero-order chi connectivity index (χ0) is 15.4. The van der Waals surface area contributed by atoms with Gasteiger partial charge in [0.05, 0.1) is 5.69 Å². The lowest BCUT2D eigenvalue weighted by atomic mass is 9.94. The average molecular weight is 298 g/mol. The Balaban J connectivity index is 1.80. The largest absolute Gasteiger partial charge is 0.309 e. The normalized spacial score (nSPS) is 19.1. The van der Waals surface area contributed by atoms with Gasteiger partial charge in [0.1, 0.15) is 11.6 Å². The monoisotopic (exact) mass is 298 g/mol. The first-order valence-electron chi connectivity index (χ1n) is 7.86. The predicted octanol–water partition coefficient (Wildman–Crippen LogP) is 2.52. The first-order chi connectivity index (χ1) is 10.7. The minimum atomic E-state index is 0.479. The van der Waals surface area contributed by atoms with Crippen LogP contribution in [0.15, 0.2) is 24.5 Å². The van der Waals surface area contributed by atoms with Crippen molar-refractivity contribution in [2.75, 3.05) is 25.0 Å². The molecule has 3 rings (SSSR count). The highest BCUT2D eigenvalue weighted by molar-refractivity contribution is 5.48. The van der Waals surface area contributed by atoms with Crippen LogP contribution in [0.2, 0.25) is 0 Å². The van der Waals surface area contributed by atoms with Crippen LogP contribution in [-0.4, -0.2) is 44.5 Å². The molecule has 0 unspecified atom stereocenters. The van der Waals surface area contributed by atoms with Gasteiger partial charge in [0.2, 0.25) is 5.95 Å². The maximum Gasteiger partial charge on any atom is 0.228 e. The van der Waals surface area contributed by atoms with Crippen molar-refractivity contribution in [3.8, 4) is 0 Å². The molecule has 1 N–H and O–H groups in total. The van der Waals surface area contributed by atoms with Crippen LogP contribution >= 0.6 is 0 Å². The molecule has 1 aliphatic rings. The standard InChI is InChI=1S/C16H22N6/c1-3-22-9-4-6-13(11-22)14-10-15(20-12(2)19-14)21-16-17-7-5-8-18-16/h5,7-8,10,13H,3-4,6,9,11H2,1-2H3,(H,17,18,19,20,21)/t13-/m1/s1. The molecule has 2 aromatic heterocycles. The number of nitrogens with zero attached hydrogens (tertiary/aromatic N) is 5. The molecule has 1 atom stereocenters. The lowest BCUT2D eigenvalue weighted by Gasteiger charge is -2.31. The molecule has 116 valence electrons. The molecule has 0 saturated carbocycles. The summed E-state index contributed by atoms with van der Waals surface area (Å²) in [5.74, 6) is 2.59. The van der Waals surface area contributed by atoms with Crippen LogP contribution in [0, 0.1) is 6.92 Å². The zero-order valence-electron chi connectivity index (χ0n) is 13.2. The minimum Gasteiger partial charge on any atom is -0.309 e. The molecule has 0 spiro atoms. The van der Waals surface area contributed by atoms with Crippen LogP contribution in [0.25, 0.3) is 0 Å². The average Bonchev–Trinajstić information content (AvgIpc) is 2.55. The van der Waals surface area contributed by atoms with Gasteiger partial charge in [-0.15, -0.1) is 0 Å². The van der Waals surface area contributed by atoms with Crippen molar-refractivity contribution in [1.29, 1.82) is 0 Å². The molecule has 6 heteroatoms. The van der Waals surface area contributed by atoms with E-state index in [1.165, 1.54) is 19.4 Å². The van der Waals surface area contributed by atoms with Gasteiger partial charge in [-0.05, 0) is 38.9 Å². The second kappa shape index (κ2) is 6.79. The fraction of sp³-hybridized carbons (Fsp3) is 0.500. The summed E-state index contributed by atoms with van der Waals surface area (Å²) in [7, 11) is 0. The summed E-state index contributed by atoms with van der Waals surface area (Å²) in [6.07, 6.45) is 5.84. The number of aromatic nitrogens is 4. The Hall–Kier alpha value is -2.08. The van der Waals surface area contributed by atoms with E-state index in [4.69, 9.17) is 0 Å². The second-order valence-electron chi connectivity index (χ2n) is 5.66. The van der Waals surface area contributed by atoms with E-state index < -0.39 is 0 Å². The number of hydrogen-bond acceptors (Lipinski definition) is 6. The fourth-order valence-corrected chi connectivity index (χ4v) is 2.93. The highest BCUT2D eigenvalue weighted by Gasteiger charge is 2.22. The van der Waals surface area contributed by atoms with E-state index in [-0.39, 0.29) is 0 Å². The van der Waals surface area contributed by atoms with Crippen molar-refractivity contribution in [1.82, 2.24) is 24.8 Å². The first kappa shape index (κ1) is 14.8. The van der Waals surface area contributed by atoms with Gasteiger partial charge in [-0.25, -0.2) is 19.9 Å². The molecule has 2 aromatic rings. The van der Waals surface area contributed by atoms with Crippen molar-refractivity contribution in [2.24, 2.45) is 0 Å². The summed E-state index contributed by atoms with van der Waals surface area (Å²) in [6.45, 7) is 7.52. The van der Waals surface area contributed by atoms with Crippen LogP contribution in [0.3, 0.4) is 0 Å². The number of anilines is 2.